The lowest BCUT2D eigenvalue weighted by atomic mass is 10.3. The fourth-order valence-electron chi connectivity index (χ4n) is 2.33. The van der Waals surface area contributed by atoms with Gasteiger partial charge in [-0.25, -0.2) is 0 Å². The van der Waals surface area contributed by atoms with Crippen molar-refractivity contribution in [1.82, 2.24) is 0 Å². The molecule has 0 bridgehead atoms. The maximum Gasteiger partial charge on any atom is 0.308 e. The fourth-order valence-corrected chi connectivity index (χ4v) is 2.33. The van der Waals surface area contributed by atoms with Gasteiger partial charge in [-0.3, -0.25) is 9.59 Å². The van der Waals surface area contributed by atoms with Crippen LogP contribution in [0.15, 0.2) is 72.8 Å². The normalized spacial score (nSPS) is 10.1. The van der Waals surface area contributed by atoms with Crippen molar-refractivity contribution < 1.29 is 28.5 Å². The number of esters is 2. The van der Waals surface area contributed by atoms with Gasteiger partial charge in [0, 0.05) is 13.8 Å². The van der Waals surface area contributed by atoms with Crippen LogP contribution in [0, 0.1) is 0 Å². The number of carbonyl (C=O) groups excluding carboxylic acids is 2. The van der Waals surface area contributed by atoms with Crippen molar-refractivity contribution in [3.63, 3.8) is 0 Å². The van der Waals surface area contributed by atoms with E-state index in [0.29, 0.717) is 34.5 Å². The maximum absolute atomic E-state index is 10.9. The van der Waals surface area contributed by atoms with E-state index in [-0.39, 0.29) is 11.9 Å². The van der Waals surface area contributed by atoms with E-state index in [1.807, 2.05) is 0 Å². The molecule has 3 aromatic rings. The largest absolute Gasteiger partial charge is 0.457 e. The molecule has 0 aliphatic heterocycles. The van der Waals surface area contributed by atoms with Crippen LogP contribution in [0.2, 0.25) is 0 Å². The summed E-state index contributed by atoms with van der Waals surface area (Å²) >= 11 is 0. The summed E-state index contributed by atoms with van der Waals surface area (Å²) in [4.78, 5) is 21.9. The first-order valence-corrected chi connectivity index (χ1v) is 8.51. The van der Waals surface area contributed by atoms with Crippen LogP contribution in [-0.4, -0.2) is 11.9 Å². The lowest BCUT2D eigenvalue weighted by molar-refractivity contribution is -0.132. The van der Waals surface area contributed by atoms with Gasteiger partial charge in [-0.15, -0.1) is 0 Å². The molecule has 3 rings (SSSR count). The summed E-state index contributed by atoms with van der Waals surface area (Å²) in [6.45, 7) is 2.70. The molecule has 0 fully saturated rings. The van der Waals surface area contributed by atoms with Crippen molar-refractivity contribution in [2.24, 2.45) is 0 Å². The van der Waals surface area contributed by atoms with E-state index >= 15 is 0 Å². The van der Waals surface area contributed by atoms with E-state index in [1.165, 1.54) is 13.8 Å². The first-order chi connectivity index (χ1) is 13.5. The topological polar surface area (TPSA) is 71.1 Å². The molecule has 0 aromatic heterocycles. The van der Waals surface area contributed by atoms with Crippen LogP contribution in [0.3, 0.4) is 0 Å². The summed E-state index contributed by atoms with van der Waals surface area (Å²) < 4.78 is 21.5. The van der Waals surface area contributed by atoms with Crippen LogP contribution in [-0.2, 0) is 9.59 Å². The van der Waals surface area contributed by atoms with Gasteiger partial charge < -0.3 is 18.9 Å². The molecule has 0 saturated carbocycles. The summed E-state index contributed by atoms with van der Waals surface area (Å²) in [5.41, 5.74) is 0. The lowest BCUT2D eigenvalue weighted by Crippen LogP contribution is -2.00. The number of carbonyl (C=O) groups is 2. The standard InChI is InChI=1S/C22H18O6/c1-15(23)25-17-3-7-19(8-4-17)27-21-11-13-22(14-12-21)28-20-9-5-18(6-10-20)26-16(2)24/h3-14H,1-2H3. The Labute approximate surface area is 162 Å². The van der Waals surface area contributed by atoms with Gasteiger partial charge in [0.05, 0.1) is 0 Å². The molecule has 6 heteroatoms. The van der Waals surface area contributed by atoms with Crippen molar-refractivity contribution in [1.29, 1.82) is 0 Å². The molecule has 0 N–H and O–H groups in total. The Bertz CT molecular complexity index is 863. The highest BCUT2D eigenvalue weighted by Crippen LogP contribution is 2.28. The number of hydrogen-bond donors (Lipinski definition) is 0. The van der Waals surface area contributed by atoms with E-state index < -0.39 is 0 Å². The molecule has 0 heterocycles. The third kappa shape index (κ3) is 5.60. The van der Waals surface area contributed by atoms with Gasteiger partial charge >= 0.3 is 11.9 Å². The zero-order valence-electron chi connectivity index (χ0n) is 15.4. The van der Waals surface area contributed by atoms with Gasteiger partial charge in [-0.2, -0.15) is 0 Å². The van der Waals surface area contributed by atoms with Crippen molar-refractivity contribution in [2.75, 3.05) is 0 Å². The van der Waals surface area contributed by atoms with E-state index in [9.17, 15) is 9.59 Å². The zero-order chi connectivity index (χ0) is 19.9. The van der Waals surface area contributed by atoms with Crippen molar-refractivity contribution in [3.05, 3.63) is 72.8 Å². The number of benzene rings is 3. The molecule has 28 heavy (non-hydrogen) atoms. The quantitative estimate of drug-likeness (QED) is 0.438. The van der Waals surface area contributed by atoms with E-state index in [2.05, 4.69) is 0 Å². The van der Waals surface area contributed by atoms with E-state index in [4.69, 9.17) is 18.9 Å². The molecule has 0 spiro atoms. The Kier molecular flexibility index (Phi) is 5.91. The first-order valence-electron chi connectivity index (χ1n) is 8.51. The Morgan fingerprint density at radius 3 is 0.893 bits per heavy atom. The van der Waals surface area contributed by atoms with Crippen molar-refractivity contribution >= 4 is 11.9 Å². The Morgan fingerprint density at radius 1 is 0.464 bits per heavy atom. The highest BCUT2D eigenvalue weighted by Gasteiger charge is 2.03. The van der Waals surface area contributed by atoms with E-state index in [0.717, 1.165) is 0 Å². The number of rotatable bonds is 6. The van der Waals surface area contributed by atoms with Gasteiger partial charge in [0.25, 0.3) is 0 Å². The van der Waals surface area contributed by atoms with Crippen molar-refractivity contribution in [3.8, 4) is 34.5 Å². The van der Waals surface area contributed by atoms with E-state index in [1.54, 1.807) is 72.8 Å². The molecule has 0 aliphatic carbocycles. The monoisotopic (exact) mass is 378 g/mol. The Balaban J connectivity index is 1.58. The molecule has 0 aliphatic rings. The highest BCUT2D eigenvalue weighted by molar-refractivity contribution is 5.69. The predicted octanol–water partition coefficient (Wildman–Crippen LogP) is 5.12. The summed E-state index contributed by atoms with van der Waals surface area (Å²) in [7, 11) is 0. The molecule has 0 amide bonds. The summed E-state index contributed by atoms with van der Waals surface area (Å²) in [6.07, 6.45) is 0. The third-order valence-electron chi connectivity index (χ3n) is 3.47. The average molecular weight is 378 g/mol. The molecule has 142 valence electrons. The minimum Gasteiger partial charge on any atom is -0.457 e. The molecule has 6 nitrogen and oxygen atoms in total. The van der Waals surface area contributed by atoms with Crippen LogP contribution < -0.4 is 18.9 Å². The predicted molar refractivity (Wildman–Crippen MR) is 102 cm³/mol. The van der Waals surface area contributed by atoms with Crippen molar-refractivity contribution in [2.45, 2.75) is 13.8 Å². The lowest BCUT2D eigenvalue weighted by Gasteiger charge is -2.09. The van der Waals surface area contributed by atoms with Gasteiger partial charge in [0.15, 0.2) is 0 Å². The Morgan fingerprint density at radius 2 is 0.679 bits per heavy atom. The van der Waals surface area contributed by atoms with Crippen LogP contribution in [0.5, 0.6) is 34.5 Å². The fraction of sp³-hybridized carbons (Fsp3) is 0.0909. The molecule has 0 saturated heterocycles. The average Bonchev–Trinajstić information content (AvgIpc) is 2.66. The summed E-state index contributed by atoms with van der Waals surface area (Å²) in [5.74, 6) is 2.69. The minimum atomic E-state index is -0.370. The molecule has 0 unspecified atom stereocenters. The second kappa shape index (κ2) is 8.73. The van der Waals surface area contributed by atoms with Crippen LogP contribution >= 0.6 is 0 Å². The van der Waals surface area contributed by atoms with Gasteiger partial charge in [-0.05, 0) is 72.8 Å². The van der Waals surface area contributed by atoms with Gasteiger partial charge in [0.2, 0.25) is 0 Å². The third-order valence-corrected chi connectivity index (χ3v) is 3.47. The Hall–Kier alpha value is -3.80. The molecule has 0 atom stereocenters. The number of ether oxygens (including phenoxy) is 4. The smallest absolute Gasteiger partial charge is 0.308 e. The molecule has 3 aromatic carbocycles. The first kappa shape index (κ1) is 19.0. The van der Waals surface area contributed by atoms with Gasteiger partial charge in [-0.1, -0.05) is 0 Å². The second-order valence-corrected chi connectivity index (χ2v) is 5.81. The number of hydrogen-bond acceptors (Lipinski definition) is 6. The molecule has 0 radical (unpaired) electrons. The second-order valence-electron chi connectivity index (χ2n) is 5.81. The van der Waals surface area contributed by atoms with Crippen LogP contribution in [0.25, 0.3) is 0 Å². The maximum atomic E-state index is 10.9. The minimum absolute atomic E-state index is 0.370. The highest BCUT2D eigenvalue weighted by atomic mass is 16.5. The van der Waals surface area contributed by atoms with Gasteiger partial charge in [0.1, 0.15) is 34.5 Å². The zero-order valence-corrected chi connectivity index (χ0v) is 15.4. The summed E-state index contributed by atoms with van der Waals surface area (Å²) in [5, 5.41) is 0. The molecular formula is C22H18O6. The molecular weight excluding hydrogens is 360 g/mol. The van der Waals surface area contributed by atoms with Crippen LogP contribution in [0.1, 0.15) is 13.8 Å². The SMILES string of the molecule is CC(=O)Oc1ccc(Oc2ccc(Oc3ccc(OC(C)=O)cc3)cc2)cc1. The summed E-state index contributed by atoms with van der Waals surface area (Å²) in [6, 6.07) is 20.6. The van der Waals surface area contributed by atoms with Crippen LogP contribution in [0.4, 0.5) is 0 Å².